The first kappa shape index (κ1) is 20.1. The van der Waals surface area contributed by atoms with Crippen molar-refractivity contribution in [1.82, 2.24) is 19.8 Å². The van der Waals surface area contributed by atoms with Gasteiger partial charge in [0.15, 0.2) is 5.65 Å². The first-order valence-electron chi connectivity index (χ1n) is 9.58. The molecule has 0 saturated carbocycles. The van der Waals surface area contributed by atoms with Gasteiger partial charge in [0.1, 0.15) is 12.4 Å². The van der Waals surface area contributed by atoms with Gasteiger partial charge < -0.3 is 9.64 Å². The van der Waals surface area contributed by atoms with E-state index in [0.29, 0.717) is 36.3 Å². The SMILES string of the molecule is Cc1ccc(COC(=O)C2CCN(c3ccc4nnc(C(F)(F)F)n4n3)CC2)cc1. The predicted molar refractivity (Wildman–Crippen MR) is 102 cm³/mol. The Morgan fingerprint density at radius 1 is 1.10 bits per heavy atom. The molecule has 1 aromatic carbocycles. The number of nitrogens with zero attached hydrogens (tertiary/aromatic N) is 5. The Labute approximate surface area is 170 Å². The van der Waals surface area contributed by atoms with Gasteiger partial charge in [-0.05, 0) is 37.5 Å². The van der Waals surface area contributed by atoms with Gasteiger partial charge in [0.05, 0.1) is 5.92 Å². The van der Waals surface area contributed by atoms with Gasteiger partial charge in [0.2, 0.25) is 0 Å². The van der Waals surface area contributed by atoms with E-state index in [0.717, 1.165) is 11.1 Å². The number of aryl methyl sites for hydroxylation is 1. The number of ether oxygens (including phenoxy) is 1. The van der Waals surface area contributed by atoms with Gasteiger partial charge in [-0.25, -0.2) is 0 Å². The molecule has 7 nitrogen and oxygen atoms in total. The van der Waals surface area contributed by atoms with E-state index in [1.165, 1.54) is 6.07 Å². The van der Waals surface area contributed by atoms with Crippen LogP contribution in [0.1, 0.15) is 29.8 Å². The minimum Gasteiger partial charge on any atom is -0.461 e. The van der Waals surface area contributed by atoms with Crippen molar-refractivity contribution in [1.29, 1.82) is 0 Å². The minimum atomic E-state index is -4.64. The molecule has 0 N–H and O–H groups in total. The van der Waals surface area contributed by atoms with Crippen molar-refractivity contribution in [3.05, 3.63) is 53.3 Å². The molecule has 0 radical (unpaired) electrons. The van der Waals surface area contributed by atoms with Crippen LogP contribution in [-0.4, -0.2) is 38.9 Å². The first-order valence-corrected chi connectivity index (χ1v) is 9.58. The van der Waals surface area contributed by atoms with Crippen molar-refractivity contribution < 1.29 is 22.7 Å². The number of piperidine rings is 1. The van der Waals surface area contributed by atoms with E-state index >= 15 is 0 Å². The number of benzene rings is 1. The average molecular weight is 419 g/mol. The highest BCUT2D eigenvalue weighted by molar-refractivity contribution is 5.73. The molecule has 4 rings (SSSR count). The molecule has 2 aromatic heterocycles. The van der Waals surface area contributed by atoms with Crippen LogP contribution in [0.5, 0.6) is 0 Å². The quantitative estimate of drug-likeness (QED) is 0.604. The molecular weight excluding hydrogens is 399 g/mol. The Kier molecular flexibility index (Phi) is 5.31. The highest BCUT2D eigenvalue weighted by Gasteiger charge is 2.38. The molecule has 3 aromatic rings. The Morgan fingerprint density at radius 2 is 1.80 bits per heavy atom. The van der Waals surface area contributed by atoms with Gasteiger partial charge in [0.25, 0.3) is 5.82 Å². The average Bonchev–Trinajstić information content (AvgIpc) is 3.17. The van der Waals surface area contributed by atoms with Crippen molar-refractivity contribution in [2.75, 3.05) is 18.0 Å². The molecule has 1 saturated heterocycles. The van der Waals surface area contributed by atoms with Crippen LogP contribution in [0.15, 0.2) is 36.4 Å². The van der Waals surface area contributed by atoms with E-state index in [2.05, 4.69) is 15.3 Å². The molecule has 0 unspecified atom stereocenters. The summed E-state index contributed by atoms with van der Waals surface area (Å²) in [5.41, 5.74) is 2.09. The number of alkyl halides is 3. The number of halogens is 3. The van der Waals surface area contributed by atoms with Crippen LogP contribution in [0.2, 0.25) is 0 Å². The van der Waals surface area contributed by atoms with Gasteiger partial charge in [0, 0.05) is 13.1 Å². The lowest BCUT2D eigenvalue weighted by Gasteiger charge is -2.31. The number of carbonyl (C=O) groups is 1. The van der Waals surface area contributed by atoms with Crippen LogP contribution in [-0.2, 0) is 22.3 Å². The third-order valence-electron chi connectivity index (χ3n) is 5.16. The zero-order valence-electron chi connectivity index (χ0n) is 16.3. The van der Waals surface area contributed by atoms with Crippen LogP contribution in [0, 0.1) is 12.8 Å². The highest BCUT2D eigenvalue weighted by Crippen LogP contribution is 2.29. The second kappa shape index (κ2) is 7.92. The molecule has 1 aliphatic rings. The number of anilines is 1. The van der Waals surface area contributed by atoms with Crippen LogP contribution < -0.4 is 4.90 Å². The third kappa shape index (κ3) is 4.22. The summed E-state index contributed by atoms with van der Waals surface area (Å²) < 4.78 is 45.3. The number of esters is 1. The number of hydrogen-bond acceptors (Lipinski definition) is 6. The Bertz CT molecular complexity index is 1040. The molecule has 0 amide bonds. The normalized spacial score (nSPS) is 15.5. The molecule has 30 heavy (non-hydrogen) atoms. The number of fused-ring (bicyclic) bond motifs is 1. The first-order chi connectivity index (χ1) is 14.3. The van der Waals surface area contributed by atoms with E-state index in [1.807, 2.05) is 36.1 Å². The van der Waals surface area contributed by atoms with Crippen LogP contribution >= 0.6 is 0 Å². The third-order valence-corrected chi connectivity index (χ3v) is 5.16. The smallest absolute Gasteiger partial charge is 0.453 e. The van der Waals surface area contributed by atoms with Crippen molar-refractivity contribution in [3.8, 4) is 0 Å². The Hall–Kier alpha value is -3.17. The van der Waals surface area contributed by atoms with Crippen molar-refractivity contribution in [3.63, 3.8) is 0 Å². The summed E-state index contributed by atoms with van der Waals surface area (Å²) in [5.74, 6) is -1.26. The van der Waals surface area contributed by atoms with Gasteiger partial charge in [-0.3, -0.25) is 4.79 Å². The van der Waals surface area contributed by atoms with Crippen molar-refractivity contribution >= 4 is 17.4 Å². The standard InChI is InChI=1S/C20H20F3N5O2/c1-13-2-4-14(5-3-13)12-30-18(29)15-8-10-27(11-9-15)17-7-6-16-24-25-19(20(21,22)23)28(16)26-17/h2-7,15H,8-12H2,1H3. The highest BCUT2D eigenvalue weighted by atomic mass is 19.4. The Balaban J connectivity index is 1.37. The summed E-state index contributed by atoms with van der Waals surface area (Å²) in [7, 11) is 0. The van der Waals surface area contributed by atoms with Gasteiger partial charge in [-0.2, -0.15) is 17.7 Å². The maximum Gasteiger partial charge on any atom is 0.453 e. The Morgan fingerprint density at radius 3 is 2.47 bits per heavy atom. The summed E-state index contributed by atoms with van der Waals surface area (Å²) in [6.45, 7) is 3.20. The van der Waals surface area contributed by atoms with Crippen LogP contribution in [0.4, 0.5) is 19.0 Å². The zero-order chi connectivity index (χ0) is 21.3. The summed E-state index contributed by atoms with van der Waals surface area (Å²) in [6, 6.07) is 10.8. The molecule has 0 bridgehead atoms. The van der Waals surface area contributed by atoms with E-state index in [4.69, 9.17) is 4.74 Å². The number of rotatable bonds is 4. The second-order valence-electron chi connectivity index (χ2n) is 7.34. The van der Waals surface area contributed by atoms with Crippen LogP contribution in [0.25, 0.3) is 5.65 Å². The number of aromatic nitrogens is 4. The maximum absolute atomic E-state index is 13.1. The van der Waals surface area contributed by atoms with Crippen LogP contribution in [0.3, 0.4) is 0 Å². The predicted octanol–water partition coefficient (Wildman–Crippen LogP) is 3.41. The maximum atomic E-state index is 13.1. The largest absolute Gasteiger partial charge is 0.461 e. The summed E-state index contributed by atoms with van der Waals surface area (Å²) >= 11 is 0. The lowest BCUT2D eigenvalue weighted by Crippen LogP contribution is -2.37. The number of carbonyl (C=O) groups excluding carboxylic acids is 1. The molecule has 3 heterocycles. The molecule has 158 valence electrons. The molecular formula is C20H20F3N5O2. The van der Waals surface area contributed by atoms with Crippen molar-refractivity contribution in [2.45, 2.75) is 32.5 Å². The lowest BCUT2D eigenvalue weighted by atomic mass is 9.97. The van der Waals surface area contributed by atoms with Gasteiger partial charge in [-0.15, -0.1) is 15.3 Å². The zero-order valence-corrected chi connectivity index (χ0v) is 16.3. The summed E-state index contributed by atoms with van der Waals surface area (Å²) in [6.07, 6.45) is -3.55. The molecule has 0 aliphatic carbocycles. The van der Waals surface area contributed by atoms with Gasteiger partial charge in [-0.1, -0.05) is 29.8 Å². The fourth-order valence-corrected chi connectivity index (χ4v) is 3.43. The second-order valence-corrected chi connectivity index (χ2v) is 7.34. The fourth-order valence-electron chi connectivity index (χ4n) is 3.43. The molecule has 0 atom stereocenters. The molecule has 1 aliphatic heterocycles. The molecule has 10 heteroatoms. The summed E-state index contributed by atoms with van der Waals surface area (Å²) in [5, 5.41) is 10.8. The van der Waals surface area contributed by atoms with E-state index in [1.54, 1.807) is 6.07 Å². The molecule has 0 spiro atoms. The van der Waals surface area contributed by atoms with E-state index in [9.17, 15) is 18.0 Å². The monoisotopic (exact) mass is 419 g/mol. The molecule has 1 fully saturated rings. The fraction of sp³-hybridized carbons (Fsp3) is 0.400. The topological polar surface area (TPSA) is 72.6 Å². The lowest BCUT2D eigenvalue weighted by molar-refractivity contribution is -0.150. The van der Waals surface area contributed by atoms with E-state index in [-0.39, 0.29) is 24.1 Å². The minimum absolute atomic E-state index is 0.0284. The summed E-state index contributed by atoms with van der Waals surface area (Å²) in [4.78, 5) is 14.2. The van der Waals surface area contributed by atoms with Gasteiger partial charge >= 0.3 is 12.1 Å². The van der Waals surface area contributed by atoms with E-state index < -0.39 is 12.0 Å². The number of hydrogen-bond donors (Lipinski definition) is 0. The van der Waals surface area contributed by atoms with Crippen molar-refractivity contribution in [2.24, 2.45) is 5.92 Å².